The van der Waals surface area contributed by atoms with Crippen molar-refractivity contribution in [3.8, 4) is 5.75 Å². The van der Waals surface area contributed by atoms with Gasteiger partial charge in [-0.25, -0.2) is 4.79 Å². The van der Waals surface area contributed by atoms with Gasteiger partial charge in [-0.3, -0.25) is 0 Å². The lowest BCUT2D eigenvalue weighted by atomic mass is 10.1. The summed E-state index contributed by atoms with van der Waals surface area (Å²) in [5.41, 5.74) is 3.10. The first-order valence-corrected chi connectivity index (χ1v) is 7.21. The second-order valence-electron chi connectivity index (χ2n) is 4.76. The van der Waals surface area contributed by atoms with E-state index in [0.29, 0.717) is 17.4 Å². The van der Waals surface area contributed by atoms with Crippen molar-refractivity contribution in [2.45, 2.75) is 13.5 Å². The van der Waals surface area contributed by atoms with Gasteiger partial charge in [0, 0.05) is 6.08 Å². The van der Waals surface area contributed by atoms with Crippen molar-refractivity contribution >= 4 is 23.6 Å². The van der Waals surface area contributed by atoms with Gasteiger partial charge in [0.25, 0.3) is 0 Å². The van der Waals surface area contributed by atoms with Crippen molar-refractivity contribution in [1.29, 1.82) is 0 Å². The van der Waals surface area contributed by atoms with Crippen molar-refractivity contribution in [2.24, 2.45) is 0 Å². The predicted octanol–water partition coefficient (Wildman–Crippen LogP) is 4.41. The van der Waals surface area contributed by atoms with E-state index in [1.54, 1.807) is 18.2 Å². The Bertz CT molecular complexity index is 692. The number of esters is 1. The molecule has 4 heteroatoms. The van der Waals surface area contributed by atoms with Crippen LogP contribution in [0.4, 0.5) is 0 Å². The van der Waals surface area contributed by atoms with Crippen LogP contribution in [-0.2, 0) is 16.1 Å². The molecule has 0 saturated heterocycles. The summed E-state index contributed by atoms with van der Waals surface area (Å²) in [4.78, 5) is 11.1. The van der Waals surface area contributed by atoms with Crippen LogP contribution in [0.3, 0.4) is 0 Å². The van der Waals surface area contributed by atoms with E-state index in [-0.39, 0.29) is 0 Å². The molecule has 0 aromatic heterocycles. The van der Waals surface area contributed by atoms with Gasteiger partial charge in [-0.05, 0) is 41.8 Å². The molecule has 0 spiro atoms. The third-order valence-corrected chi connectivity index (χ3v) is 3.51. The summed E-state index contributed by atoms with van der Waals surface area (Å²) in [6, 6.07) is 13.4. The molecule has 0 fully saturated rings. The number of hydrogen-bond acceptors (Lipinski definition) is 3. The predicted molar refractivity (Wildman–Crippen MR) is 88.0 cm³/mol. The third kappa shape index (κ3) is 4.37. The molecule has 0 bridgehead atoms. The van der Waals surface area contributed by atoms with E-state index in [0.717, 1.165) is 11.1 Å². The van der Waals surface area contributed by atoms with Crippen LogP contribution in [0.25, 0.3) is 6.08 Å². The highest BCUT2D eigenvalue weighted by atomic mass is 35.5. The highest BCUT2D eigenvalue weighted by Crippen LogP contribution is 2.27. The molecule has 0 radical (unpaired) electrons. The Hall–Kier alpha value is -2.26. The van der Waals surface area contributed by atoms with Gasteiger partial charge >= 0.3 is 5.97 Å². The minimum absolute atomic E-state index is 0.406. The van der Waals surface area contributed by atoms with E-state index in [9.17, 15) is 4.79 Å². The molecule has 0 aliphatic carbocycles. The molecule has 0 amide bonds. The Kier molecular flexibility index (Phi) is 5.61. The summed E-state index contributed by atoms with van der Waals surface area (Å²) in [7, 11) is 1.34. The molecule has 0 heterocycles. The Morgan fingerprint density at radius 1 is 1.23 bits per heavy atom. The van der Waals surface area contributed by atoms with Crippen LogP contribution >= 0.6 is 11.6 Å². The average molecular weight is 317 g/mol. The van der Waals surface area contributed by atoms with Crippen molar-refractivity contribution in [1.82, 2.24) is 0 Å². The molecule has 2 aromatic rings. The van der Waals surface area contributed by atoms with Crippen LogP contribution < -0.4 is 4.74 Å². The minimum atomic E-state index is -0.406. The molecule has 114 valence electrons. The van der Waals surface area contributed by atoms with E-state index in [2.05, 4.69) is 4.74 Å². The number of carbonyl (C=O) groups is 1. The number of methoxy groups -OCH3 is 1. The molecule has 0 N–H and O–H groups in total. The molecule has 0 saturated carbocycles. The lowest BCUT2D eigenvalue weighted by Crippen LogP contribution is -1.98. The van der Waals surface area contributed by atoms with Crippen LogP contribution in [0, 0.1) is 6.92 Å². The van der Waals surface area contributed by atoms with E-state index in [1.807, 2.05) is 37.3 Å². The molecule has 2 rings (SSSR count). The maximum absolute atomic E-state index is 11.1. The molecule has 3 nitrogen and oxygen atoms in total. The van der Waals surface area contributed by atoms with E-state index in [4.69, 9.17) is 16.3 Å². The van der Waals surface area contributed by atoms with Crippen molar-refractivity contribution in [3.63, 3.8) is 0 Å². The lowest BCUT2D eigenvalue weighted by Gasteiger charge is -2.10. The highest BCUT2D eigenvalue weighted by molar-refractivity contribution is 6.32. The standard InChI is InChI=1S/C18H17ClO3/c1-13-5-3-4-6-15(13)12-22-17-9-7-14(11-16(17)19)8-10-18(20)21-2/h3-11H,12H2,1-2H3/b10-8+. The number of hydrogen-bond donors (Lipinski definition) is 0. The van der Waals surface area contributed by atoms with Gasteiger partial charge < -0.3 is 9.47 Å². The van der Waals surface area contributed by atoms with Crippen LogP contribution in [0.5, 0.6) is 5.75 Å². The van der Waals surface area contributed by atoms with Gasteiger partial charge in [0.2, 0.25) is 0 Å². The van der Waals surface area contributed by atoms with Crippen molar-refractivity contribution < 1.29 is 14.3 Å². The van der Waals surface area contributed by atoms with Gasteiger partial charge in [0.1, 0.15) is 12.4 Å². The van der Waals surface area contributed by atoms with Crippen LogP contribution in [0.15, 0.2) is 48.5 Å². The Morgan fingerprint density at radius 3 is 2.68 bits per heavy atom. The summed E-state index contributed by atoms with van der Waals surface area (Å²) >= 11 is 6.21. The number of rotatable bonds is 5. The molecular formula is C18H17ClO3. The maximum Gasteiger partial charge on any atom is 0.330 e. The van der Waals surface area contributed by atoms with Gasteiger partial charge in [-0.15, -0.1) is 0 Å². The lowest BCUT2D eigenvalue weighted by molar-refractivity contribution is -0.134. The van der Waals surface area contributed by atoms with Crippen LogP contribution in [-0.4, -0.2) is 13.1 Å². The number of ether oxygens (including phenoxy) is 2. The van der Waals surface area contributed by atoms with Crippen LogP contribution in [0.2, 0.25) is 5.02 Å². The number of benzene rings is 2. The molecular weight excluding hydrogens is 300 g/mol. The molecule has 2 aromatic carbocycles. The minimum Gasteiger partial charge on any atom is -0.487 e. The van der Waals surface area contributed by atoms with Gasteiger partial charge in [-0.1, -0.05) is 41.9 Å². The van der Waals surface area contributed by atoms with E-state index < -0.39 is 5.97 Å². The summed E-state index contributed by atoms with van der Waals surface area (Å²) in [5, 5.41) is 0.501. The topological polar surface area (TPSA) is 35.5 Å². The third-order valence-electron chi connectivity index (χ3n) is 3.21. The zero-order chi connectivity index (χ0) is 15.9. The first-order chi connectivity index (χ1) is 10.6. The quantitative estimate of drug-likeness (QED) is 0.605. The normalized spacial score (nSPS) is 10.7. The second kappa shape index (κ2) is 7.66. The SMILES string of the molecule is COC(=O)/C=C/c1ccc(OCc2ccccc2C)c(Cl)c1. The van der Waals surface area contributed by atoms with E-state index in [1.165, 1.54) is 18.7 Å². The fourth-order valence-corrected chi connectivity index (χ4v) is 2.14. The number of halogens is 1. The largest absolute Gasteiger partial charge is 0.487 e. The molecule has 0 aliphatic rings. The van der Waals surface area contributed by atoms with Gasteiger partial charge in [-0.2, -0.15) is 0 Å². The second-order valence-corrected chi connectivity index (χ2v) is 5.17. The first kappa shape index (κ1) is 16.1. The van der Waals surface area contributed by atoms with Gasteiger partial charge in [0.05, 0.1) is 12.1 Å². The maximum atomic E-state index is 11.1. The summed E-state index contributed by atoms with van der Waals surface area (Å²) < 4.78 is 10.3. The van der Waals surface area contributed by atoms with E-state index >= 15 is 0 Å². The zero-order valence-corrected chi connectivity index (χ0v) is 13.3. The number of aryl methyl sites for hydroxylation is 1. The summed E-state index contributed by atoms with van der Waals surface area (Å²) in [6.45, 7) is 2.50. The molecule has 22 heavy (non-hydrogen) atoms. The Balaban J connectivity index is 2.05. The first-order valence-electron chi connectivity index (χ1n) is 6.83. The fraction of sp³-hybridized carbons (Fsp3) is 0.167. The molecule has 0 atom stereocenters. The number of carbonyl (C=O) groups excluding carboxylic acids is 1. The average Bonchev–Trinajstić information content (AvgIpc) is 2.53. The van der Waals surface area contributed by atoms with Crippen molar-refractivity contribution in [2.75, 3.05) is 7.11 Å². The summed E-state index contributed by atoms with van der Waals surface area (Å²) in [5.74, 6) is 0.205. The molecule has 0 aliphatic heterocycles. The fourth-order valence-electron chi connectivity index (χ4n) is 1.90. The Labute approximate surface area is 135 Å². The highest BCUT2D eigenvalue weighted by Gasteiger charge is 2.04. The Morgan fingerprint density at radius 2 is 2.00 bits per heavy atom. The monoisotopic (exact) mass is 316 g/mol. The zero-order valence-electron chi connectivity index (χ0n) is 12.5. The molecule has 0 unspecified atom stereocenters. The smallest absolute Gasteiger partial charge is 0.330 e. The van der Waals surface area contributed by atoms with Crippen molar-refractivity contribution in [3.05, 3.63) is 70.3 Å². The summed E-state index contributed by atoms with van der Waals surface area (Å²) in [6.07, 6.45) is 2.99. The van der Waals surface area contributed by atoms with Gasteiger partial charge in [0.15, 0.2) is 0 Å². The van der Waals surface area contributed by atoms with Crippen LogP contribution in [0.1, 0.15) is 16.7 Å².